The molecule has 0 radical (unpaired) electrons. The monoisotopic (exact) mass is 997 g/mol. The van der Waals surface area contributed by atoms with Crippen molar-refractivity contribution in [2.45, 2.75) is 144 Å². The van der Waals surface area contributed by atoms with Crippen molar-refractivity contribution in [3.63, 3.8) is 0 Å². The minimum atomic E-state index is -1.50. The van der Waals surface area contributed by atoms with E-state index >= 15 is 0 Å². The van der Waals surface area contributed by atoms with Crippen LogP contribution in [0.15, 0.2) is 81.9 Å². The summed E-state index contributed by atoms with van der Waals surface area (Å²) in [7, 11) is 0. The third-order valence-electron chi connectivity index (χ3n) is 11.1. The summed E-state index contributed by atoms with van der Waals surface area (Å²) in [5.74, 6) is 0.255. The smallest absolute Gasteiger partial charge is 0.408 e. The standard InChI is InChI=1S/2C25H34N6O5/c2*1-6-7-8-17(19(32)21(33)28-18-13-14-26-29-18)27-24(34)35-20(25(3,4)5)23-31-30-22(36-23)16-11-9-15(2)10-12-16/h2*9-14,17,19-20,32H,6-8H2,1-5H3,(H,27,34)(H2,26,28,29,33)/t17-,19+,20-;17-,19-,20-/m00/s1. The van der Waals surface area contributed by atoms with Crippen molar-refractivity contribution in [2.24, 2.45) is 10.8 Å². The van der Waals surface area contributed by atoms with Gasteiger partial charge in [0.2, 0.25) is 11.8 Å². The highest BCUT2D eigenvalue weighted by molar-refractivity contribution is 5.94. The average molecular weight is 997 g/mol. The highest BCUT2D eigenvalue weighted by Crippen LogP contribution is 2.38. The number of nitrogens with one attached hydrogen (secondary N) is 6. The van der Waals surface area contributed by atoms with Gasteiger partial charge in [0, 0.05) is 34.1 Å². The van der Waals surface area contributed by atoms with Crippen LogP contribution in [0.5, 0.6) is 0 Å². The molecule has 0 bridgehead atoms. The fraction of sp³-hybridized carbons (Fsp3) is 0.480. The topological polar surface area (TPSA) is 311 Å². The van der Waals surface area contributed by atoms with Crippen molar-refractivity contribution in [2.75, 3.05) is 10.6 Å². The first kappa shape index (κ1) is 55.5. The summed E-state index contributed by atoms with van der Waals surface area (Å²) in [6, 6.07) is 16.6. The molecule has 4 aromatic heterocycles. The second kappa shape index (κ2) is 25.6. The zero-order valence-corrected chi connectivity index (χ0v) is 42.5. The molecule has 8 N–H and O–H groups in total. The second-order valence-corrected chi connectivity index (χ2v) is 19.5. The van der Waals surface area contributed by atoms with Gasteiger partial charge in [-0.2, -0.15) is 10.2 Å². The quantitative estimate of drug-likeness (QED) is 0.0357. The number of rotatable bonds is 20. The Labute approximate surface area is 418 Å². The van der Waals surface area contributed by atoms with Crippen molar-refractivity contribution in [3.8, 4) is 22.9 Å². The Morgan fingerprint density at radius 2 is 0.944 bits per heavy atom. The first-order chi connectivity index (χ1) is 34.2. The number of hydrogen-bond donors (Lipinski definition) is 8. The van der Waals surface area contributed by atoms with E-state index in [1.54, 1.807) is 12.1 Å². The lowest BCUT2D eigenvalue weighted by molar-refractivity contribution is -0.126. The summed E-state index contributed by atoms with van der Waals surface area (Å²) in [6.45, 7) is 19.2. The van der Waals surface area contributed by atoms with Gasteiger partial charge in [0.15, 0.2) is 24.4 Å². The number of H-pyrrole nitrogens is 2. The Morgan fingerprint density at radius 3 is 1.25 bits per heavy atom. The van der Waals surface area contributed by atoms with E-state index in [1.165, 1.54) is 12.4 Å². The number of aliphatic hydroxyl groups is 2. The molecule has 6 rings (SSSR count). The van der Waals surface area contributed by atoms with E-state index in [9.17, 15) is 29.4 Å². The molecule has 6 aromatic rings. The first-order valence-corrected chi connectivity index (χ1v) is 23.9. The van der Waals surface area contributed by atoms with Crippen LogP contribution in [-0.4, -0.2) is 99.3 Å². The lowest BCUT2D eigenvalue weighted by Gasteiger charge is -2.29. The zero-order chi connectivity index (χ0) is 52.6. The molecular weight excluding hydrogens is 929 g/mol. The molecule has 0 fully saturated rings. The normalized spacial score (nSPS) is 14.1. The number of hydrogen-bond acceptors (Lipinski definition) is 16. The molecule has 0 aliphatic carbocycles. The van der Waals surface area contributed by atoms with Crippen molar-refractivity contribution in [1.29, 1.82) is 0 Å². The molecule has 0 unspecified atom stereocenters. The number of nitrogens with zero attached hydrogens (tertiary/aromatic N) is 6. The molecule has 72 heavy (non-hydrogen) atoms. The van der Waals surface area contributed by atoms with Crippen LogP contribution in [0.3, 0.4) is 0 Å². The van der Waals surface area contributed by atoms with Crippen LogP contribution in [0.2, 0.25) is 0 Å². The van der Waals surface area contributed by atoms with E-state index in [2.05, 4.69) is 62.1 Å². The highest BCUT2D eigenvalue weighted by atomic mass is 16.6. The number of carbonyl (C=O) groups is 4. The molecule has 388 valence electrons. The zero-order valence-electron chi connectivity index (χ0n) is 42.5. The molecule has 4 amide bonds. The van der Waals surface area contributed by atoms with Crippen LogP contribution in [0, 0.1) is 24.7 Å². The van der Waals surface area contributed by atoms with E-state index < -0.39 is 71.3 Å². The van der Waals surface area contributed by atoms with Crippen molar-refractivity contribution in [3.05, 3.63) is 96.0 Å². The van der Waals surface area contributed by atoms with E-state index in [4.69, 9.17) is 18.3 Å². The van der Waals surface area contributed by atoms with Gasteiger partial charge in [-0.25, -0.2) is 9.59 Å². The maximum Gasteiger partial charge on any atom is 0.408 e. The summed E-state index contributed by atoms with van der Waals surface area (Å²) in [5.41, 5.74) is 2.55. The van der Waals surface area contributed by atoms with Gasteiger partial charge in [0.1, 0.15) is 11.6 Å². The van der Waals surface area contributed by atoms with Crippen LogP contribution in [0.25, 0.3) is 22.9 Å². The van der Waals surface area contributed by atoms with E-state index in [1.807, 2.05) is 118 Å². The van der Waals surface area contributed by atoms with E-state index in [0.717, 1.165) is 35.1 Å². The van der Waals surface area contributed by atoms with Crippen molar-refractivity contribution in [1.82, 2.24) is 51.4 Å². The molecule has 0 saturated carbocycles. The van der Waals surface area contributed by atoms with Crippen LogP contribution >= 0.6 is 0 Å². The Bertz CT molecular complexity index is 2420. The number of anilines is 2. The van der Waals surface area contributed by atoms with Crippen LogP contribution in [0.4, 0.5) is 21.2 Å². The molecule has 0 aliphatic heterocycles. The number of amides is 4. The molecule has 0 saturated heterocycles. The maximum absolute atomic E-state index is 12.9. The number of aromatic nitrogens is 8. The molecule has 2 aromatic carbocycles. The van der Waals surface area contributed by atoms with Crippen molar-refractivity contribution < 1.29 is 47.7 Å². The molecular formula is C50H68N12O10. The molecule has 0 aliphatic rings. The van der Waals surface area contributed by atoms with Crippen LogP contribution in [0.1, 0.15) is 129 Å². The van der Waals surface area contributed by atoms with Crippen molar-refractivity contribution >= 4 is 35.6 Å². The number of ether oxygens (including phenoxy) is 2. The summed E-state index contributed by atoms with van der Waals surface area (Å²) < 4.78 is 23.1. The minimum Gasteiger partial charge on any atom is -0.436 e. The third kappa shape index (κ3) is 16.3. The lowest BCUT2D eigenvalue weighted by Crippen LogP contribution is -2.49. The number of aliphatic hydroxyl groups excluding tert-OH is 2. The highest BCUT2D eigenvalue weighted by Gasteiger charge is 2.38. The average Bonchev–Trinajstić information content (AvgIpc) is 4.20. The summed E-state index contributed by atoms with van der Waals surface area (Å²) in [5, 5.41) is 60.8. The summed E-state index contributed by atoms with van der Waals surface area (Å²) >= 11 is 0. The number of benzene rings is 2. The summed E-state index contributed by atoms with van der Waals surface area (Å²) in [4.78, 5) is 50.9. The fourth-order valence-corrected chi connectivity index (χ4v) is 6.98. The fourth-order valence-electron chi connectivity index (χ4n) is 6.98. The van der Waals surface area contributed by atoms with Gasteiger partial charge in [-0.05, 0) is 51.0 Å². The Balaban J connectivity index is 0.000000267. The van der Waals surface area contributed by atoms with E-state index in [0.29, 0.717) is 49.1 Å². The molecule has 22 heteroatoms. The van der Waals surface area contributed by atoms with Crippen LogP contribution in [-0.2, 0) is 19.1 Å². The van der Waals surface area contributed by atoms with Gasteiger partial charge in [0.25, 0.3) is 23.6 Å². The molecule has 0 spiro atoms. The number of aryl methyl sites for hydroxylation is 2. The van der Waals surface area contributed by atoms with Gasteiger partial charge in [-0.15, -0.1) is 20.4 Å². The third-order valence-corrected chi connectivity index (χ3v) is 11.1. The minimum absolute atomic E-state index is 0.149. The maximum atomic E-state index is 12.9. The number of unbranched alkanes of at least 4 members (excludes halogenated alkanes) is 2. The summed E-state index contributed by atoms with van der Waals surface area (Å²) in [6.07, 6.45) is 0.348. The second-order valence-electron chi connectivity index (χ2n) is 19.5. The van der Waals surface area contributed by atoms with Gasteiger partial charge in [0.05, 0.1) is 24.5 Å². The number of carbonyl (C=O) groups excluding carboxylic acids is 4. The van der Waals surface area contributed by atoms with Gasteiger partial charge < -0.3 is 49.8 Å². The van der Waals surface area contributed by atoms with Gasteiger partial charge in [-0.3, -0.25) is 19.8 Å². The van der Waals surface area contributed by atoms with Gasteiger partial charge in [-0.1, -0.05) is 116 Å². The van der Waals surface area contributed by atoms with Crippen LogP contribution < -0.4 is 21.3 Å². The largest absolute Gasteiger partial charge is 0.436 e. The van der Waals surface area contributed by atoms with E-state index in [-0.39, 0.29) is 11.8 Å². The Kier molecular flexibility index (Phi) is 19.7. The Morgan fingerprint density at radius 1 is 0.583 bits per heavy atom. The molecule has 22 nitrogen and oxygen atoms in total. The van der Waals surface area contributed by atoms with Gasteiger partial charge >= 0.3 is 12.2 Å². The first-order valence-electron chi connectivity index (χ1n) is 23.9. The predicted molar refractivity (Wildman–Crippen MR) is 266 cm³/mol. The number of aromatic amines is 2. The Hall–Kier alpha value is -7.46. The number of alkyl carbamates (subject to hydrolysis) is 2. The SMILES string of the molecule is CCCC[C@H](NC(=O)O[C@@H](c1nnc(-c2ccc(C)cc2)o1)C(C)(C)C)[C@@H](O)C(=O)Nc1ccn[nH]1.CCCC[C@H](NC(=O)O[C@@H](c1nnc(-c2ccc(C)cc2)o1)C(C)(C)C)[C@H](O)C(=O)Nc1ccn[nH]1. The lowest BCUT2D eigenvalue weighted by atomic mass is 9.89. The molecule has 4 heterocycles. The molecule has 6 atom stereocenters. The predicted octanol–water partition coefficient (Wildman–Crippen LogP) is 8.28.